The predicted molar refractivity (Wildman–Crippen MR) is 130 cm³/mol. The van der Waals surface area contributed by atoms with Crippen LogP contribution in [0.25, 0.3) is 0 Å². The van der Waals surface area contributed by atoms with Crippen LogP contribution in [-0.2, 0) is 20.0 Å². The first-order valence-electron chi connectivity index (χ1n) is 10.8. The van der Waals surface area contributed by atoms with E-state index in [1.54, 1.807) is 54.5 Å². The number of amides is 1. The number of aromatic nitrogens is 2. The van der Waals surface area contributed by atoms with Crippen molar-refractivity contribution in [3.05, 3.63) is 96.1 Å². The van der Waals surface area contributed by atoms with Crippen LogP contribution in [0.15, 0.2) is 84.5 Å². The summed E-state index contributed by atoms with van der Waals surface area (Å²) in [6.07, 6.45) is 8.15. The Kier molecular flexibility index (Phi) is 6.88. The van der Waals surface area contributed by atoms with Gasteiger partial charge in [0, 0.05) is 43.0 Å². The molecule has 0 bridgehead atoms. The Balaban J connectivity index is 1.87. The second kappa shape index (κ2) is 9.82. The smallest absolute Gasteiger partial charge is 0.280 e. The second-order valence-corrected chi connectivity index (χ2v) is 9.15. The Hall–Kier alpha value is -3.07. The van der Waals surface area contributed by atoms with E-state index < -0.39 is 10.5 Å². The zero-order valence-electron chi connectivity index (χ0n) is 18.7. The maximum absolute atomic E-state index is 14.2. The average Bonchev–Trinajstić information content (AvgIpc) is 3.29. The van der Waals surface area contributed by atoms with Gasteiger partial charge in [0.15, 0.2) is 5.60 Å². The van der Waals surface area contributed by atoms with Crippen LogP contribution in [0.1, 0.15) is 36.5 Å². The Morgan fingerprint density at radius 2 is 1.82 bits per heavy atom. The number of benzene rings is 1. The molecule has 2 aromatic heterocycles. The summed E-state index contributed by atoms with van der Waals surface area (Å²) in [4.78, 5) is 21.9. The van der Waals surface area contributed by atoms with E-state index in [1.165, 1.54) is 7.11 Å². The summed E-state index contributed by atoms with van der Waals surface area (Å²) in [6.45, 7) is 2.26. The summed E-state index contributed by atoms with van der Waals surface area (Å²) >= 11 is 1.55. The van der Waals surface area contributed by atoms with Crippen molar-refractivity contribution in [3.63, 3.8) is 0 Å². The molecule has 1 aliphatic heterocycles. The molecular formula is C25H27N5O2S. The van der Waals surface area contributed by atoms with E-state index in [-0.39, 0.29) is 5.91 Å². The molecule has 0 aliphatic carbocycles. The van der Waals surface area contributed by atoms with Gasteiger partial charge in [0.25, 0.3) is 5.91 Å². The average molecular weight is 462 g/mol. The molecule has 33 heavy (non-hydrogen) atoms. The van der Waals surface area contributed by atoms with Gasteiger partial charge in [0.05, 0.1) is 0 Å². The Bertz CT molecular complexity index is 1110. The first kappa shape index (κ1) is 23.1. The molecule has 1 aromatic carbocycles. The lowest BCUT2D eigenvalue weighted by atomic mass is 9.93. The Labute approximate surface area is 198 Å². The van der Waals surface area contributed by atoms with Gasteiger partial charge in [-0.2, -0.15) is 5.10 Å². The first-order chi connectivity index (χ1) is 16.0. The maximum Gasteiger partial charge on any atom is 0.280 e. The third-order valence-electron chi connectivity index (χ3n) is 5.87. The second-order valence-electron chi connectivity index (χ2n) is 7.89. The molecule has 8 heteroatoms. The summed E-state index contributed by atoms with van der Waals surface area (Å²) in [6, 6.07) is 17.4. The molecule has 1 amide bonds. The van der Waals surface area contributed by atoms with Crippen LogP contribution in [0.2, 0.25) is 0 Å². The highest BCUT2D eigenvalue weighted by Crippen LogP contribution is 2.51. The molecule has 0 saturated heterocycles. The zero-order chi connectivity index (χ0) is 23.3. The van der Waals surface area contributed by atoms with Crippen molar-refractivity contribution in [1.29, 1.82) is 0 Å². The van der Waals surface area contributed by atoms with E-state index in [9.17, 15) is 4.79 Å². The first-order valence-corrected chi connectivity index (χ1v) is 11.6. The van der Waals surface area contributed by atoms with Gasteiger partial charge in [-0.3, -0.25) is 14.8 Å². The largest absolute Gasteiger partial charge is 0.364 e. The standard InChI is InChI=1S/C25H27N5O2S/c1-24(32-2,21-12-7-16-28-18-21)23(31)30-25(13-8-14-26,20-10-4-3-5-11-20)33-22(29-30)19-9-6-15-27-17-19/h3-7,9-12,15-18H,8,13-14,26H2,1-2H3/t24-,25?/m0/s1. The molecule has 2 N–H and O–H groups in total. The Morgan fingerprint density at radius 3 is 2.42 bits per heavy atom. The third-order valence-corrected chi connectivity index (χ3v) is 7.33. The quantitative estimate of drug-likeness (QED) is 0.547. The monoisotopic (exact) mass is 461 g/mol. The highest BCUT2D eigenvalue weighted by Gasteiger charge is 2.53. The fourth-order valence-corrected chi connectivity index (χ4v) is 5.30. The number of hydrogen-bond acceptors (Lipinski definition) is 7. The lowest BCUT2D eigenvalue weighted by Crippen LogP contribution is -2.50. The lowest BCUT2D eigenvalue weighted by molar-refractivity contribution is -0.158. The van der Waals surface area contributed by atoms with Crippen LogP contribution in [0.4, 0.5) is 0 Å². The number of thioether (sulfide) groups is 1. The molecule has 3 heterocycles. The van der Waals surface area contributed by atoms with E-state index in [0.29, 0.717) is 18.5 Å². The van der Waals surface area contributed by atoms with Crippen molar-refractivity contribution >= 4 is 22.7 Å². The molecule has 7 nitrogen and oxygen atoms in total. The number of hydrazone groups is 1. The van der Waals surface area contributed by atoms with Crippen LogP contribution in [0, 0.1) is 0 Å². The minimum atomic E-state index is -1.27. The van der Waals surface area contributed by atoms with Gasteiger partial charge in [0.2, 0.25) is 0 Å². The van der Waals surface area contributed by atoms with Gasteiger partial charge in [0.1, 0.15) is 9.91 Å². The number of carbonyl (C=O) groups is 1. The normalized spacial score (nSPS) is 19.7. The molecule has 0 fully saturated rings. The van der Waals surface area contributed by atoms with Gasteiger partial charge in [-0.1, -0.05) is 48.2 Å². The van der Waals surface area contributed by atoms with Crippen molar-refractivity contribution < 1.29 is 9.53 Å². The van der Waals surface area contributed by atoms with Gasteiger partial charge in [-0.25, -0.2) is 5.01 Å². The van der Waals surface area contributed by atoms with Crippen molar-refractivity contribution in [2.24, 2.45) is 10.8 Å². The number of pyridine rings is 2. The summed E-state index contributed by atoms with van der Waals surface area (Å²) in [5.41, 5.74) is 7.14. The number of methoxy groups -OCH3 is 1. The highest BCUT2D eigenvalue weighted by molar-refractivity contribution is 8.15. The van der Waals surface area contributed by atoms with E-state index in [0.717, 1.165) is 22.6 Å². The molecule has 0 saturated carbocycles. The van der Waals surface area contributed by atoms with Crippen molar-refractivity contribution in [3.8, 4) is 0 Å². The van der Waals surface area contributed by atoms with E-state index in [1.807, 2.05) is 48.5 Å². The van der Waals surface area contributed by atoms with Crippen LogP contribution in [0.5, 0.6) is 0 Å². The molecule has 1 unspecified atom stereocenters. The van der Waals surface area contributed by atoms with E-state index in [4.69, 9.17) is 15.6 Å². The minimum absolute atomic E-state index is 0.273. The van der Waals surface area contributed by atoms with Crippen LogP contribution < -0.4 is 5.73 Å². The maximum atomic E-state index is 14.2. The Morgan fingerprint density at radius 1 is 1.09 bits per heavy atom. The summed E-state index contributed by atoms with van der Waals surface area (Å²) < 4.78 is 5.83. The number of rotatable bonds is 8. The van der Waals surface area contributed by atoms with Crippen LogP contribution in [0.3, 0.4) is 0 Å². The van der Waals surface area contributed by atoms with Gasteiger partial charge < -0.3 is 10.5 Å². The van der Waals surface area contributed by atoms with Gasteiger partial charge in [-0.15, -0.1) is 0 Å². The highest BCUT2D eigenvalue weighted by atomic mass is 32.2. The summed E-state index contributed by atoms with van der Waals surface area (Å²) in [5.74, 6) is -0.273. The van der Waals surface area contributed by atoms with Crippen LogP contribution in [-0.4, -0.2) is 39.6 Å². The molecule has 2 atom stereocenters. The topological polar surface area (TPSA) is 93.7 Å². The van der Waals surface area contributed by atoms with Gasteiger partial charge >= 0.3 is 0 Å². The molecule has 1 aliphatic rings. The predicted octanol–water partition coefficient (Wildman–Crippen LogP) is 3.87. The van der Waals surface area contributed by atoms with Gasteiger partial charge in [-0.05, 0) is 50.1 Å². The van der Waals surface area contributed by atoms with Crippen molar-refractivity contribution in [1.82, 2.24) is 15.0 Å². The molecule has 0 radical (unpaired) electrons. The molecule has 170 valence electrons. The number of carbonyl (C=O) groups excluding carboxylic acids is 1. The zero-order valence-corrected chi connectivity index (χ0v) is 19.5. The van der Waals surface area contributed by atoms with Crippen molar-refractivity contribution in [2.75, 3.05) is 13.7 Å². The third kappa shape index (κ3) is 4.29. The van der Waals surface area contributed by atoms with E-state index >= 15 is 0 Å². The fourth-order valence-electron chi connectivity index (χ4n) is 3.91. The van der Waals surface area contributed by atoms with Crippen molar-refractivity contribution in [2.45, 2.75) is 30.2 Å². The summed E-state index contributed by atoms with van der Waals surface area (Å²) in [7, 11) is 1.53. The minimum Gasteiger partial charge on any atom is -0.364 e. The number of hydrogen-bond donors (Lipinski definition) is 1. The lowest BCUT2D eigenvalue weighted by Gasteiger charge is -2.40. The van der Waals surface area contributed by atoms with E-state index in [2.05, 4.69) is 9.97 Å². The number of nitrogens with zero attached hydrogens (tertiary/aromatic N) is 4. The van der Waals surface area contributed by atoms with Crippen LogP contribution >= 0.6 is 11.8 Å². The molecule has 4 rings (SSSR count). The number of nitrogens with two attached hydrogens (primary N) is 1. The molecule has 3 aromatic rings. The number of ether oxygens (including phenoxy) is 1. The molecule has 0 spiro atoms. The fraction of sp³-hybridized carbons (Fsp3) is 0.280. The summed E-state index contributed by atoms with van der Waals surface area (Å²) in [5, 5.41) is 7.17. The molecular weight excluding hydrogens is 434 g/mol. The SMILES string of the molecule is CO[C@](C)(C(=O)N1N=C(c2cccnc2)SC1(CCCN)c1ccccc1)c1cccnc1.